The number of hydrogen-bond acceptors (Lipinski definition) is 3. The second-order valence-electron chi connectivity index (χ2n) is 6.05. The molecule has 0 aliphatic heterocycles. The van der Waals surface area contributed by atoms with E-state index in [4.69, 9.17) is 9.84 Å². The van der Waals surface area contributed by atoms with Crippen molar-refractivity contribution in [2.75, 3.05) is 14.2 Å². The first kappa shape index (κ1) is 15.5. The van der Waals surface area contributed by atoms with Crippen LogP contribution in [0.25, 0.3) is 0 Å². The monoisotopic (exact) mass is 279 g/mol. The predicted octanol–water partition coefficient (Wildman–Crippen LogP) is 2.94. The van der Waals surface area contributed by atoms with Gasteiger partial charge in [0.15, 0.2) is 0 Å². The largest absolute Gasteiger partial charge is 0.382 e. The van der Waals surface area contributed by atoms with E-state index >= 15 is 0 Å². The van der Waals surface area contributed by atoms with Crippen molar-refractivity contribution in [3.63, 3.8) is 0 Å². The minimum atomic E-state index is 0.285. The first-order valence-corrected chi connectivity index (χ1v) is 7.97. The van der Waals surface area contributed by atoms with E-state index in [9.17, 15) is 0 Å². The highest BCUT2D eigenvalue weighted by Gasteiger charge is 2.17. The molecule has 0 aromatic carbocycles. The van der Waals surface area contributed by atoms with E-state index in [0.717, 1.165) is 12.8 Å². The van der Waals surface area contributed by atoms with Gasteiger partial charge in [0.2, 0.25) is 0 Å². The van der Waals surface area contributed by atoms with Crippen molar-refractivity contribution in [1.29, 1.82) is 0 Å². The smallest absolute Gasteiger partial charge is 0.0640 e. The molecule has 0 saturated heterocycles. The van der Waals surface area contributed by atoms with E-state index in [0.29, 0.717) is 12.1 Å². The van der Waals surface area contributed by atoms with Crippen molar-refractivity contribution >= 4 is 0 Å². The molecule has 0 amide bonds. The predicted molar refractivity (Wildman–Crippen MR) is 82.0 cm³/mol. The summed E-state index contributed by atoms with van der Waals surface area (Å²) in [5, 5.41) is 8.17. The van der Waals surface area contributed by atoms with Gasteiger partial charge in [0.05, 0.1) is 17.8 Å². The Morgan fingerprint density at radius 3 is 2.80 bits per heavy atom. The van der Waals surface area contributed by atoms with Crippen LogP contribution in [0.15, 0.2) is 12.3 Å². The molecule has 4 nitrogen and oxygen atoms in total. The molecule has 2 rings (SSSR count). The molecule has 1 aromatic rings. The molecule has 114 valence electrons. The van der Waals surface area contributed by atoms with Crippen LogP contribution in [0.2, 0.25) is 0 Å². The Morgan fingerprint density at radius 2 is 2.15 bits per heavy atom. The molecule has 1 aliphatic carbocycles. The molecule has 1 aliphatic rings. The van der Waals surface area contributed by atoms with Crippen LogP contribution < -0.4 is 5.32 Å². The van der Waals surface area contributed by atoms with Gasteiger partial charge in [-0.1, -0.05) is 19.3 Å². The molecule has 1 N–H and O–H groups in total. The van der Waals surface area contributed by atoms with Gasteiger partial charge in [0.1, 0.15) is 0 Å². The molecule has 0 radical (unpaired) electrons. The molecule has 1 aromatic heterocycles. The Kier molecular flexibility index (Phi) is 6.05. The maximum Gasteiger partial charge on any atom is 0.0640 e. The van der Waals surface area contributed by atoms with Gasteiger partial charge in [0, 0.05) is 25.8 Å². The zero-order chi connectivity index (χ0) is 14.4. The topological polar surface area (TPSA) is 39.1 Å². The first-order chi connectivity index (χ1) is 9.72. The quantitative estimate of drug-likeness (QED) is 0.834. The highest BCUT2D eigenvalue weighted by Crippen LogP contribution is 2.27. The van der Waals surface area contributed by atoms with Gasteiger partial charge in [-0.2, -0.15) is 5.10 Å². The van der Waals surface area contributed by atoms with Crippen LogP contribution in [0.1, 0.15) is 57.2 Å². The van der Waals surface area contributed by atoms with Crippen LogP contribution in [0.3, 0.4) is 0 Å². The average molecular weight is 279 g/mol. The third kappa shape index (κ3) is 4.32. The summed E-state index contributed by atoms with van der Waals surface area (Å²) in [6.07, 6.45) is 11.1. The van der Waals surface area contributed by atoms with Gasteiger partial charge in [0.25, 0.3) is 0 Å². The van der Waals surface area contributed by atoms with E-state index < -0.39 is 0 Å². The minimum Gasteiger partial charge on any atom is -0.382 e. The fourth-order valence-electron chi connectivity index (χ4n) is 3.09. The number of hydrogen-bond donors (Lipinski definition) is 1. The highest BCUT2D eigenvalue weighted by atomic mass is 16.5. The Labute approximate surface area is 122 Å². The summed E-state index contributed by atoms with van der Waals surface area (Å²) >= 11 is 0. The number of nitrogens with zero attached hydrogens (tertiary/aromatic N) is 2. The van der Waals surface area contributed by atoms with Gasteiger partial charge in [-0.3, -0.25) is 4.68 Å². The van der Waals surface area contributed by atoms with Crippen LogP contribution in [-0.4, -0.2) is 36.1 Å². The summed E-state index contributed by atoms with van der Waals surface area (Å²) in [6, 6.07) is 3.24. The maximum absolute atomic E-state index is 5.35. The van der Waals surface area contributed by atoms with Gasteiger partial charge in [-0.15, -0.1) is 0 Å². The lowest BCUT2D eigenvalue weighted by atomic mass is 9.96. The lowest BCUT2D eigenvalue weighted by Crippen LogP contribution is -2.31. The fourth-order valence-corrected chi connectivity index (χ4v) is 3.09. The second kappa shape index (κ2) is 7.79. The maximum atomic E-state index is 5.35. The number of methoxy groups -OCH3 is 1. The lowest BCUT2D eigenvalue weighted by molar-refractivity contribution is 0.101. The summed E-state index contributed by atoms with van der Waals surface area (Å²) in [4.78, 5) is 0. The van der Waals surface area contributed by atoms with Gasteiger partial charge in [-0.25, -0.2) is 0 Å². The summed E-state index contributed by atoms with van der Waals surface area (Å²) < 4.78 is 7.55. The molecule has 20 heavy (non-hydrogen) atoms. The van der Waals surface area contributed by atoms with Crippen LogP contribution in [-0.2, 0) is 11.2 Å². The first-order valence-electron chi connectivity index (χ1n) is 7.97. The van der Waals surface area contributed by atoms with E-state index in [2.05, 4.69) is 29.2 Å². The molecule has 0 bridgehead atoms. The highest BCUT2D eigenvalue weighted by molar-refractivity contribution is 5.02. The lowest BCUT2D eigenvalue weighted by Gasteiger charge is -2.22. The Bertz CT molecular complexity index is 385. The zero-order valence-electron chi connectivity index (χ0n) is 13.1. The molecule has 2 atom stereocenters. The Hall–Kier alpha value is -0.870. The molecule has 1 saturated carbocycles. The van der Waals surface area contributed by atoms with Crippen molar-refractivity contribution in [3.05, 3.63) is 18.0 Å². The van der Waals surface area contributed by atoms with Gasteiger partial charge < -0.3 is 10.1 Å². The summed E-state index contributed by atoms with van der Waals surface area (Å²) in [5.41, 5.74) is 1.19. The van der Waals surface area contributed by atoms with Crippen LogP contribution in [0.4, 0.5) is 0 Å². The molecule has 4 heteroatoms. The molecular weight excluding hydrogens is 250 g/mol. The van der Waals surface area contributed by atoms with E-state index in [1.165, 1.54) is 37.8 Å². The van der Waals surface area contributed by atoms with Crippen molar-refractivity contribution in [3.8, 4) is 0 Å². The summed E-state index contributed by atoms with van der Waals surface area (Å²) in [7, 11) is 3.79. The number of ether oxygens (including phenoxy) is 1. The van der Waals surface area contributed by atoms with Gasteiger partial charge >= 0.3 is 0 Å². The van der Waals surface area contributed by atoms with Crippen molar-refractivity contribution in [2.45, 2.75) is 70.1 Å². The zero-order valence-corrected chi connectivity index (χ0v) is 13.1. The second-order valence-corrected chi connectivity index (χ2v) is 6.05. The standard InChI is InChI=1S/C16H29N3O/c1-13(20-3)11-15(17-2)12-14-9-10-19(18-14)16-7-5-4-6-8-16/h9-10,13,15-17H,4-8,11-12H2,1-3H3. The molecule has 2 unspecified atom stereocenters. The molecule has 1 heterocycles. The van der Waals surface area contributed by atoms with Crippen LogP contribution in [0, 0.1) is 0 Å². The third-order valence-corrected chi connectivity index (χ3v) is 4.49. The van der Waals surface area contributed by atoms with Crippen molar-refractivity contribution in [2.24, 2.45) is 0 Å². The molecule has 1 fully saturated rings. The summed E-state index contributed by atoms with van der Waals surface area (Å²) in [5.74, 6) is 0. The third-order valence-electron chi connectivity index (χ3n) is 4.49. The van der Waals surface area contributed by atoms with E-state index in [1.54, 1.807) is 7.11 Å². The van der Waals surface area contributed by atoms with Crippen LogP contribution in [0.5, 0.6) is 0 Å². The Morgan fingerprint density at radius 1 is 1.40 bits per heavy atom. The molecule has 0 spiro atoms. The number of aromatic nitrogens is 2. The number of likely N-dealkylation sites (N-methyl/N-ethyl adjacent to an activating group) is 1. The molecular formula is C16H29N3O. The van der Waals surface area contributed by atoms with E-state index in [1.807, 2.05) is 7.05 Å². The SMILES string of the molecule is CNC(Cc1ccn(C2CCCCC2)n1)CC(C)OC. The minimum absolute atomic E-state index is 0.285. The number of rotatable bonds is 7. The summed E-state index contributed by atoms with van der Waals surface area (Å²) in [6.45, 7) is 2.12. The van der Waals surface area contributed by atoms with Crippen molar-refractivity contribution in [1.82, 2.24) is 15.1 Å². The van der Waals surface area contributed by atoms with E-state index in [-0.39, 0.29) is 6.10 Å². The van der Waals surface area contributed by atoms with Gasteiger partial charge in [-0.05, 0) is 39.3 Å². The number of nitrogens with one attached hydrogen (secondary N) is 1. The van der Waals surface area contributed by atoms with Crippen LogP contribution >= 0.6 is 0 Å². The fraction of sp³-hybridized carbons (Fsp3) is 0.812. The Balaban J connectivity index is 1.90. The normalized spacial score (nSPS) is 19.9. The van der Waals surface area contributed by atoms with Crippen molar-refractivity contribution < 1.29 is 4.74 Å². The average Bonchev–Trinajstić information content (AvgIpc) is 2.95.